The second-order valence-electron chi connectivity index (χ2n) is 9.86. The predicted molar refractivity (Wildman–Crippen MR) is 149 cm³/mol. The number of nitro groups is 1. The van der Waals surface area contributed by atoms with Crippen LogP contribution in [0.3, 0.4) is 0 Å². The fourth-order valence-corrected chi connectivity index (χ4v) is 5.09. The molecule has 184 valence electrons. The van der Waals surface area contributed by atoms with Crippen LogP contribution in [-0.2, 0) is 0 Å². The highest BCUT2D eigenvalue weighted by Crippen LogP contribution is 2.40. The van der Waals surface area contributed by atoms with Gasteiger partial charge in [0.2, 0.25) is 0 Å². The maximum Gasteiger partial charge on any atom is 0.269 e. The number of non-ortho nitro benzene ring substituents is 1. The van der Waals surface area contributed by atoms with Crippen molar-refractivity contribution < 1.29 is 4.92 Å². The average molecular weight is 482 g/mol. The number of anilines is 2. The summed E-state index contributed by atoms with van der Waals surface area (Å²) in [5.41, 5.74) is 9.98. The van der Waals surface area contributed by atoms with Crippen molar-refractivity contribution in [3.63, 3.8) is 0 Å². The minimum absolute atomic E-state index is 0.0884. The second kappa shape index (κ2) is 8.75. The molecular formula is C29H31N5O2. The van der Waals surface area contributed by atoms with E-state index in [-0.39, 0.29) is 16.5 Å². The predicted octanol–water partition coefficient (Wildman–Crippen LogP) is 6.49. The zero-order valence-corrected chi connectivity index (χ0v) is 21.5. The largest absolute Gasteiger partial charge is 0.378 e. The number of rotatable bonds is 6. The van der Waals surface area contributed by atoms with Crippen molar-refractivity contribution in [2.24, 2.45) is 0 Å². The lowest BCUT2D eigenvalue weighted by Gasteiger charge is -2.18. The van der Waals surface area contributed by atoms with Gasteiger partial charge in [-0.1, -0.05) is 24.3 Å². The first-order valence-corrected chi connectivity index (χ1v) is 12.0. The van der Waals surface area contributed by atoms with E-state index in [0.717, 1.165) is 39.4 Å². The number of hydrogen-bond donors (Lipinski definition) is 2. The Labute approximate surface area is 210 Å². The first kappa shape index (κ1) is 23.5. The van der Waals surface area contributed by atoms with Crippen molar-refractivity contribution >= 4 is 38.9 Å². The molecule has 3 aromatic carbocycles. The minimum Gasteiger partial charge on any atom is -0.378 e. The van der Waals surface area contributed by atoms with E-state index >= 15 is 0 Å². The van der Waals surface area contributed by atoms with Crippen LogP contribution in [0.4, 0.5) is 17.1 Å². The summed E-state index contributed by atoms with van der Waals surface area (Å²) >= 11 is 0. The number of nitro benzene ring substituents is 1. The molecule has 0 saturated heterocycles. The van der Waals surface area contributed by atoms with Gasteiger partial charge in [-0.25, -0.2) is 0 Å². The number of fused-ring (bicyclic) bond motifs is 2. The van der Waals surface area contributed by atoms with Crippen molar-refractivity contribution in [3.05, 3.63) is 98.9 Å². The summed E-state index contributed by atoms with van der Waals surface area (Å²) in [6.07, 6.45) is 0. The summed E-state index contributed by atoms with van der Waals surface area (Å²) < 4.78 is 0. The SMILES string of the molecule is Cc1c(C(c2ccc([N+](=O)[O-])cc2)c2[nH]c3cc(N(C)C)ccc3c2C)[nH]c2cc(N(C)C)ccc12. The summed E-state index contributed by atoms with van der Waals surface area (Å²) in [6.45, 7) is 4.29. The molecule has 2 heterocycles. The summed E-state index contributed by atoms with van der Waals surface area (Å²) in [5.74, 6) is -0.142. The molecule has 2 aromatic heterocycles. The summed E-state index contributed by atoms with van der Waals surface area (Å²) in [6, 6.07) is 19.8. The van der Waals surface area contributed by atoms with Gasteiger partial charge in [-0.2, -0.15) is 0 Å². The normalized spacial score (nSPS) is 11.5. The quantitative estimate of drug-likeness (QED) is 0.215. The van der Waals surface area contributed by atoms with E-state index in [0.29, 0.717) is 0 Å². The molecule has 36 heavy (non-hydrogen) atoms. The fraction of sp³-hybridized carbons (Fsp3) is 0.241. The van der Waals surface area contributed by atoms with E-state index in [2.05, 4.69) is 70.0 Å². The molecule has 7 heteroatoms. The van der Waals surface area contributed by atoms with Crippen LogP contribution in [0.2, 0.25) is 0 Å². The van der Waals surface area contributed by atoms with Gasteiger partial charge in [0.15, 0.2) is 0 Å². The van der Waals surface area contributed by atoms with Crippen molar-refractivity contribution in [1.29, 1.82) is 0 Å². The van der Waals surface area contributed by atoms with E-state index in [1.165, 1.54) is 21.9 Å². The van der Waals surface area contributed by atoms with Gasteiger partial charge in [0, 0.05) is 84.9 Å². The van der Waals surface area contributed by atoms with Gasteiger partial charge < -0.3 is 19.8 Å². The molecule has 0 saturated carbocycles. The maximum absolute atomic E-state index is 11.3. The molecule has 5 rings (SSSR count). The van der Waals surface area contributed by atoms with E-state index in [4.69, 9.17) is 0 Å². The highest BCUT2D eigenvalue weighted by molar-refractivity contribution is 5.90. The zero-order chi connectivity index (χ0) is 25.7. The lowest BCUT2D eigenvalue weighted by Crippen LogP contribution is -2.08. The first-order chi connectivity index (χ1) is 17.2. The monoisotopic (exact) mass is 481 g/mol. The first-order valence-electron chi connectivity index (χ1n) is 12.0. The van der Waals surface area contributed by atoms with E-state index in [1.54, 1.807) is 12.1 Å². The lowest BCUT2D eigenvalue weighted by molar-refractivity contribution is -0.384. The van der Waals surface area contributed by atoms with Gasteiger partial charge in [0.25, 0.3) is 5.69 Å². The Hall–Kier alpha value is -4.26. The van der Waals surface area contributed by atoms with E-state index in [9.17, 15) is 10.1 Å². The van der Waals surface area contributed by atoms with Crippen LogP contribution in [0.1, 0.15) is 34.0 Å². The van der Waals surface area contributed by atoms with Crippen LogP contribution in [0.25, 0.3) is 21.8 Å². The maximum atomic E-state index is 11.3. The van der Waals surface area contributed by atoms with Crippen molar-refractivity contribution in [2.75, 3.05) is 38.0 Å². The van der Waals surface area contributed by atoms with Crippen LogP contribution < -0.4 is 9.80 Å². The molecule has 5 aromatic rings. The molecule has 0 aliphatic rings. The number of aromatic amines is 2. The van der Waals surface area contributed by atoms with Gasteiger partial charge in [-0.15, -0.1) is 0 Å². The lowest BCUT2D eigenvalue weighted by atomic mass is 9.88. The van der Waals surface area contributed by atoms with Crippen LogP contribution in [0.5, 0.6) is 0 Å². The van der Waals surface area contributed by atoms with Crippen molar-refractivity contribution in [1.82, 2.24) is 9.97 Å². The Bertz CT molecular complexity index is 1500. The van der Waals surface area contributed by atoms with Gasteiger partial charge in [-0.3, -0.25) is 10.1 Å². The molecule has 0 radical (unpaired) electrons. The third kappa shape index (κ3) is 3.86. The standard InChI is InChI=1S/C29H31N5O2/c1-17-23-13-11-21(32(3)4)15-25(23)30-28(17)27(19-7-9-20(10-8-19)34(35)36)29-18(2)24-14-12-22(33(5)6)16-26(24)31-29/h7-16,27,30-31H,1-6H3. The van der Waals surface area contributed by atoms with Crippen LogP contribution >= 0.6 is 0 Å². The van der Waals surface area contributed by atoms with Gasteiger partial charge in [-0.05, 0) is 54.8 Å². The van der Waals surface area contributed by atoms with Crippen molar-refractivity contribution in [2.45, 2.75) is 19.8 Å². The topological polar surface area (TPSA) is 81.2 Å². The minimum atomic E-state index is -0.354. The van der Waals surface area contributed by atoms with Gasteiger partial charge >= 0.3 is 0 Å². The molecule has 0 aliphatic heterocycles. The molecule has 0 amide bonds. The molecule has 2 N–H and O–H groups in total. The number of H-pyrrole nitrogens is 2. The average Bonchev–Trinajstić information content (AvgIpc) is 3.35. The Morgan fingerprint density at radius 2 is 1.17 bits per heavy atom. The number of hydrogen-bond acceptors (Lipinski definition) is 4. The molecule has 0 aliphatic carbocycles. The summed E-state index contributed by atoms with van der Waals surface area (Å²) in [4.78, 5) is 22.6. The van der Waals surface area contributed by atoms with E-state index in [1.807, 2.05) is 40.3 Å². The van der Waals surface area contributed by atoms with Gasteiger partial charge in [0.05, 0.1) is 10.8 Å². The number of aryl methyl sites for hydroxylation is 2. The zero-order valence-electron chi connectivity index (χ0n) is 21.5. The fourth-order valence-electron chi connectivity index (χ4n) is 5.09. The Morgan fingerprint density at radius 1 is 0.722 bits per heavy atom. The molecule has 0 bridgehead atoms. The number of nitrogens with one attached hydrogen (secondary N) is 2. The molecule has 0 atom stereocenters. The highest BCUT2D eigenvalue weighted by atomic mass is 16.6. The number of benzene rings is 3. The molecule has 7 nitrogen and oxygen atoms in total. The Morgan fingerprint density at radius 3 is 1.56 bits per heavy atom. The highest BCUT2D eigenvalue weighted by Gasteiger charge is 2.26. The second-order valence-corrected chi connectivity index (χ2v) is 9.86. The Balaban J connectivity index is 1.75. The van der Waals surface area contributed by atoms with Gasteiger partial charge in [0.1, 0.15) is 0 Å². The summed E-state index contributed by atoms with van der Waals surface area (Å²) in [5, 5.41) is 13.7. The van der Waals surface area contributed by atoms with Crippen molar-refractivity contribution in [3.8, 4) is 0 Å². The summed E-state index contributed by atoms with van der Waals surface area (Å²) in [7, 11) is 8.14. The van der Waals surface area contributed by atoms with E-state index < -0.39 is 0 Å². The smallest absolute Gasteiger partial charge is 0.269 e. The third-order valence-corrected chi connectivity index (χ3v) is 7.21. The Kier molecular flexibility index (Phi) is 5.71. The molecule has 0 fully saturated rings. The third-order valence-electron chi connectivity index (χ3n) is 7.21. The van der Waals surface area contributed by atoms with Crippen LogP contribution in [0.15, 0.2) is 60.7 Å². The number of aromatic nitrogens is 2. The molecule has 0 unspecified atom stereocenters. The van der Waals surface area contributed by atoms with Crippen LogP contribution in [0, 0.1) is 24.0 Å². The molecule has 0 spiro atoms. The molecular weight excluding hydrogens is 450 g/mol. The number of nitrogens with zero attached hydrogens (tertiary/aromatic N) is 3. The van der Waals surface area contributed by atoms with Crippen LogP contribution in [-0.4, -0.2) is 43.1 Å².